The highest BCUT2D eigenvalue weighted by Crippen LogP contribution is 2.22. The van der Waals surface area contributed by atoms with Gasteiger partial charge in [0.2, 0.25) is 5.91 Å². The Balaban J connectivity index is 2.00. The van der Waals surface area contributed by atoms with Crippen molar-refractivity contribution in [3.05, 3.63) is 68.2 Å². The van der Waals surface area contributed by atoms with Crippen molar-refractivity contribution in [2.24, 2.45) is 0 Å². The number of nitrogens with one attached hydrogen (secondary N) is 1. The van der Waals surface area contributed by atoms with Gasteiger partial charge in [-0.3, -0.25) is 14.9 Å². The van der Waals surface area contributed by atoms with Crippen molar-refractivity contribution in [2.75, 3.05) is 5.32 Å². The van der Waals surface area contributed by atoms with Crippen molar-refractivity contribution < 1.29 is 9.72 Å². The second-order valence-electron chi connectivity index (χ2n) is 4.93. The van der Waals surface area contributed by atoms with Gasteiger partial charge >= 0.3 is 0 Å². The molecule has 0 bridgehead atoms. The molecule has 0 atom stereocenters. The first-order valence-corrected chi connectivity index (χ1v) is 7.54. The number of non-ortho nitro benzene ring substituents is 1. The van der Waals surface area contributed by atoms with Crippen LogP contribution in [0.2, 0.25) is 0 Å². The molecule has 22 heavy (non-hydrogen) atoms. The summed E-state index contributed by atoms with van der Waals surface area (Å²) in [5.74, 6) is -0.163. The fourth-order valence-corrected chi connectivity index (χ4v) is 2.47. The number of carbonyl (C=O) groups is 1. The second kappa shape index (κ2) is 7.17. The predicted octanol–water partition coefficient (Wildman–Crippen LogP) is 4.24. The SMILES string of the molecule is Cc1ccc([N+](=O)[O-])cc1NC(=O)CCc1cccc(Br)c1. The van der Waals surface area contributed by atoms with Crippen LogP contribution in [0.25, 0.3) is 0 Å². The topological polar surface area (TPSA) is 72.2 Å². The highest BCUT2D eigenvalue weighted by molar-refractivity contribution is 9.10. The maximum atomic E-state index is 12.0. The van der Waals surface area contributed by atoms with E-state index in [2.05, 4.69) is 21.2 Å². The predicted molar refractivity (Wildman–Crippen MR) is 88.9 cm³/mol. The zero-order valence-corrected chi connectivity index (χ0v) is 13.6. The van der Waals surface area contributed by atoms with Gasteiger partial charge in [-0.2, -0.15) is 0 Å². The van der Waals surface area contributed by atoms with Crippen LogP contribution in [0.5, 0.6) is 0 Å². The Morgan fingerprint density at radius 2 is 2.05 bits per heavy atom. The van der Waals surface area contributed by atoms with Crippen LogP contribution in [0.3, 0.4) is 0 Å². The van der Waals surface area contributed by atoms with E-state index in [9.17, 15) is 14.9 Å². The van der Waals surface area contributed by atoms with Gasteiger partial charge < -0.3 is 5.32 Å². The number of hydrogen-bond acceptors (Lipinski definition) is 3. The van der Waals surface area contributed by atoms with Crippen LogP contribution in [0, 0.1) is 17.0 Å². The Bertz CT molecular complexity index is 716. The van der Waals surface area contributed by atoms with Gasteiger partial charge in [-0.1, -0.05) is 34.1 Å². The Morgan fingerprint density at radius 1 is 1.27 bits per heavy atom. The Kier molecular flexibility index (Phi) is 5.27. The van der Waals surface area contributed by atoms with Crippen LogP contribution >= 0.6 is 15.9 Å². The van der Waals surface area contributed by atoms with E-state index in [1.54, 1.807) is 13.0 Å². The molecule has 0 fully saturated rings. The summed E-state index contributed by atoms with van der Waals surface area (Å²) in [5.41, 5.74) is 2.29. The lowest BCUT2D eigenvalue weighted by Gasteiger charge is -2.08. The third-order valence-electron chi connectivity index (χ3n) is 3.24. The van der Waals surface area contributed by atoms with Gasteiger partial charge in [-0.25, -0.2) is 0 Å². The minimum atomic E-state index is -0.476. The highest BCUT2D eigenvalue weighted by atomic mass is 79.9. The summed E-state index contributed by atoms with van der Waals surface area (Å²) in [6.07, 6.45) is 0.928. The molecular formula is C16H15BrN2O3. The Labute approximate surface area is 136 Å². The third-order valence-corrected chi connectivity index (χ3v) is 3.73. The van der Waals surface area contributed by atoms with Gasteiger partial charge in [-0.05, 0) is 36.6 Å². The van der Waals surface area contributed by atoms with E-state index < -0.39 is 4.92 Å². The normalized spacial score (nSPS) is 10.3. The zero-order chi connectivity index (χ0) is 16.1. The van der Waals surface area contributed by atoms with E-state index in [1.165, 1.54) is 12.1 Å². The lowest BCUT2D eigenvalue weighted by atomic mass is 10.1. The number of carbonyl (C=O) groups excluding carboxylic acids is 1. The van der Waals surface area contributed by atoms with Crippen molar-refractivity contribution in [1.29, 1.82) is 0 Å². The van der Waals surface area contributed by atoms with E-state index in [-0.39, 0.29) is 11.6 Å². The van der Waals surface area contributed by atoms with E-state index in [0.717, 1.165) is 15.6 Å². The summed E-state index contributed by atoms with van der Waals surface area (Å²) in [7, 11) is 0. The smallest absolute Gasteiger partial charge is 0.271 e. The molecule has 0 aliphatic carbocycles. The summed E-state index contributed by atoms with van der Waals surface area (Å²) < 4.78 is 0.972. The molecule has 0 saturated heterocycles. The van der Waals surface area contributed by atoms with E-state index in [1.807, 2.05) is 24.3 Å². The van der Waals surface area contributed by atoms with Crippen molar-refractivity contribution in [2.45, 2.75) is 19.8 Å². The maximum Gasteiger partial charge on any atom is 0.271 e. The number of halogens is 1. The van der Waals surface area contributed by atoms with E-state index >= 15 is 0 Å². The molecule has 0 unspecified atom stereocenters. The largest absolute Gasteiger partial charge is 0.326 e. The molecule has 6 heteroatoms. The van der Waals surface area contributed by atoms with Gasteiger partial charge in [0.25, 0.3) is 5.69 Å². The lowest BCUT2D eigenvalue weighted by Crippen LogP contribution is -2.13. The maximum absolute atomic E-state index is 12.0. The number of anilines is 1. The van der Waals surface area contributed by atoms with Gasteiger partial charge in [0, 0.05) is 23.0 Å². The molecule has 0 heterocycles. The summed E-state index contributed by atoms with van der Waals surface area (Å²) in [4.78, 5) is 22.3. The Hall–Kier alpha value is -2.21. The molecule has 0 radical (unpaired) electrons. The van der Waals surface area contributed by atoms with Crippen molar-refractivity contribution in [3.63, 3.8) is 0 Å². The van der Waals surface area contributed by atoms with Crippen LogP contribution < -0.4 is 5.32 Å². The molecule has 0 aromatic heterocycles. The lowest BCUT2D eigenvalue weighted by molar-refractivity contribution is -0.384. The first kappa shape index (κ1) is 16.2. The number of nitro groups is 1. The van der Waals surface area contributed by atoms with Gasteiger partial charge in [0.05, 0.1) is 10.6 Å². The molecule has 0 saturated carbocycles. The minimum Gasteiger partial charge on any atom is -0.326 e. The molecule has 0 aliphatic heterocycles. The van der Waals surface area contributed by atoms with Crippen molar-refractivity contribution in [1.82, 2.24) is 0 Å². The first-order valence-electron chi connectivity index (χ1n) is 6.75. The third kappa shape index (κ3) is 4.39. The number of hydrogen-bond donors (Lipinski definition) is 1. The van der Waals surface area contributed by atoms with Crippen LogP contribution in [0.4, 0.5) is 11.4 Å². The van der Waals surface area contributed by atoms with Gasteiger partial charge in [-0.15, -0.1) is 0 Å². The average Bonchev–Trinajstić information content (AvgIpc) is 2.47. The number of amides is 1. The molecule has 0 spiro atoms. The molecule has 0 aliphatic rings. The molecule has 5 nitrogen and oxygen atoms in total. The molecule has 1 N–H and O–H groups in total. The summed E-state index contributed by atoms with van der Waals surface area (Å²) in [6, 6.07) is 12.2. The molecule has 2 aromatic rings. The monoisotopic (exact) mass is 362 g/mol. The van der Waals surface area contributed by atoms with Crippen molar-refractivity contribution >= 4 is 33.2 Å². The summed E-state index contributed by atoms with van der Waals surface area (Å²) in [6.45, 7) is 1.80. The Morgan fingerprint density at radius 3 is 2.73 bits per heavy atom. The standard InChI is InChI=1S/C16H15BrN2O3/c1-11-5-7-14(19(21)22)10-15(11)18-16(20)8-6-12-3-2-4-13(17)9-12/h2-5,7,9-10H,6,8H2,1H3,(H,18,20). The second-order valence-corrected chi connectivity index (χ2v) is 5.85. The number of nitro benzene ring substituents is 1. The summed E-state index contributed by atoms with van der Waals surface area (Å²) >= 11 is 3.39. The van der Waals surface area contributed by atoms with Crippen LogP contribution in [-0.2, 0) is 11.2 Å². The molecule has 2 rings (SSSR count). The van der Waals surface area contributed by atoms with Gasteiger partial charge in [0.1, 0.15) is 0 Å². The fourth-order valence-electron chi connectivity index (χ4n) is 2.02. The molecule has 1 amide bonds. The number of benzene rings is 2. The number of rotatable bonds is 5. The summed E-state index contributed by atoms with van der Waals surface area (Å²) in [5, 5.41) is 13.5. The van der Waals surface area contributed by atoms with Crippen LogP contribution in [0.1, 0.15) is 17.5 Å². The zero-order valence-electron chi connectivity index (χ0n) is 12.0. The van der Waals surface area contributed by atoms with Crippen molar-refractivity contribution in [3.8, 4) is 0 Å². The van der Waals surface area contributed by atoms with E-state index in [4.69, 9.17) is 0 Å². The highest BCUT2D eigenvalue weighted by Gasteiger charge is 2.11. The van der Waals surface area contributed by atoms with Crippen LogP contribution in [-0.4, -0.2) is 10.8 Å². The minimum absolute atomic E-state index is 0.0344. The fraction of sp³-hybridized carbons (Fsp3) is 0.188. The van der Waals surface area contributed by atoms with Crippen LogP contribution in [0.15, 0.2) is 46.9 Å². The molecule has 114 valence electrons. The quantitative estimate of drug-likeness (QED) is 0.638. The van der Waals surface area contributed by atoms with E-state index in [0.29, 0.717) is 18.5 Å². The molecular weight excluding hydrogens is 348 g/mol. The van der Waals surface area contributed by atoms with Gasteiger partial charge in [0.15, 0.2) is 0 Å². The number of nitrogens with zero attached hydrogens (tertiary/aromatic N) is 1. The number of aryl methyl sites for hydroxylation is 2. The first-order chi connectivity index (χ1) is 10.5. The molecule has 2 aromatic carbocycles. The average molecular weight is 363 g/mol.